The fraction of sp³-hybridized carbons (Fsp3) is 0. The zero-order chi connectivity index (χ0) is 41.3. The van der Waals surface area contributed by atoms with Crippen molar-refractivity contribution >= 4 is 32.7 Å². The molecule has 9 rings (SSSR count). The minimum absolute atomic E-state index is 0.305. The van der Waals surface area contributed by atoms with Crippen molar-refractivity contribution < 1.29 is 0 Å². The molecule has 9 aromatic rings. The first-order valence-corrected chi connectivity index (χ1v) is 18.5. The molecular weight excluding hydrogens is 739 g/mol. The third-order valence-corrected chi connectivity index (χ3v) is 10.4. The van der Waals surface area contributed by atoms with E-state index >= 15 is 0 Å². The van der Waals surface area contributed by atoms with Gasteiger partial charge in [0.25, 0.3) is 0 Å². The number of hydrogen-bond donors (Lipinski definition) is 0. The molecule has 0 atom stereocenters. The molecule has 0 N–H and O–H groups in total. The van der Waals surface area contributed by atoms with Crippen molar-refractivity contribution in [3.05, 3.63) is 173 Å². The van der Waals surface area contributed by atoms with E-state index in [1.807, 2.05) is 78.9 Å². The average molecular weight is 762 g/mol. The molecular formula is C51H23N9. The van der Waals surface area contributed by atoms with E-state index in [1.165, 1.54) is 6.07 Å². The van der Waals surface area contributed by atoms with Crippen LogP contribution in [0, 0.1) is 68.0 Å². The van der Waals surface area contributed by atoms with Gasteiger partial charge in [0.15, 0.2) is 0 Å². The molecule has 2 heterocycles. The van der Waals surface area contributed by atoms with Crippen molar-refractivity contribution in [3.63, 3.8) is 0 Å². The third kappa shape index (κ3) is 6.33. The van der Waals surface area contributed by atoms with Crippen LogP contribution in [0.15, 0.2) is 140 Å². The number of nitrogens with zero attached hydrogens (tertiary/aromatic N) is 9. The molecule has 0 aliphatic rings. The van der Waals surface area contributed by atoms with Crippen LogP contribution in [-0.2, 0) is 0 Å². The van der Waals surface area contributed by atoms with Gasteiger partial charge < -0.3 is 0 Å². The van der Waals surface area contributed by atoms with Crippen LogP contribution in [-0.4, -0.2) is 15.0 Å². The van der Waals surface area contributed by atoms with Crippen LogP contribution in [0.4, 0.5) is 0 Å². The maximum absolute atomic E-state index is 10.1. The summed E-state index contributed by atoms with van der Waals surface area (Å²) in [4.78, 5) is 16.1. The van der Waals surface area contributed by atoms with Gasteiger partial charge in [-0.1, -0.05) is 66.7 Å². The smallest absolute Gasteiger partial charge is 0.0992 e. The number of benzene rings is 7. The largest absolute Gasteiger partial charge is 0.247 e. The molecule has 0 radical (unpaired) electrons. The summed E-state index contributed by atoms with van der Waals surface area (Å²) in [5, 5.41) is 60.9. The maximum Gasteiger partial charge on any atom is 0.0992 e. The molecule has 0 saturated carbocycles. The van der Waals surface area contributed by atoms with Crippen molar-refractivity contribution in [2.24, 2.45) is 0 Å². The summed E-state index contributed by atoms with van der Waals surface area (Å²) in [6.07, 6.45) is 0. The summed E-state index contributed by atoms with van der Waals surface area (Å²) in [7, 11) is 0. The van der Waals surface area contributed by atoms with Gasteiger partial charge in [-0.05, 0) is 89.5 Å². The molecule has 0 bridgehead atoms. The quantitative estimate of drug-likeness (QED) is 0.154. The minimum Gasteiger partial charge on any atom is -0.247 e. The Morgan fingerprint density at radius 2 is 0.750 bits per heavy atom. The van der Waals surface area contributed by atoms with E-state index in [0.717, 1.165) is 38.4 Å². The van der Waals surface area contributed by atoms with Gasteiger partial charge >= 0.3 is 0 Å². The number of nitriles is 6. The van der Waals surface area contributed by atoms with Crippen LogP contribution in [0.3, 0.4) is 0 Å². The Morgan fingerprint density at radius 3 is 1.27 bits per heavy atom. The molecule has 60 heavy (non-hydrogen) atoms. The van der Waals surface area contributed by atoms with E-state index in [-0.39, 0.29) is 0 Å². The van der Waals surface area contributed by atoms with Gasteiger partial charge in [-0.3, -0.25) is 0 Å². The monoisotopic (exact) mass is 761 g/mol. The van der Waals surface area contributed by atoms with Gasteiger partial charge in [0.05, 0.1) is 103 Å². The van der Waals surface area contributed by atoms with Gasteiger partial charge in [-0.15, -0.1) is 0 Å². The van der Waals surface area contributed by atoms with Crippen LogP contribution in [0.1, 0.15) is 33.4 Å². The second-order valence-corrected chi connectivity index (χ2v) is 13.9. The number of hydrogen-bond acceptors (Lipinski definition) is 9. The third-order valence-electron chi connectivity index (χ3n) is 10.4. The first-order chi connectivity index (χ1) is 29.4. The van der Waals surface area contributed by atoms with Gasteiger partial charge in [-0.25, -0.2) is 15.0 Å². The van der Waals surface area contributed by atoms with Gasteiger partial charge in [0.2, 0.25) is 0 Å². The van der Waals surface area contributed by atoms with Crippen LogP contribution in [0.5, 0.6) is 0 Å². The number of fused-ring (bicyclic) bond motifs is 5. The summed E-state index contributed by atoms with van der Waals surface area (Å²) >= 11 is 0. The molecule has 0 fully saturated rings. The fourth-order valence-corrected chi connectivity index (χ4v) is 7.54. The second-order valence-electron chi connectivity index (χ2n) is 13.9. The Kier molecular flexibility index (Phi) is 8.95. The van der Waals surface area contributed by atoms with E-state index in [1.54, 1.807) is 54.6 Å². The molecule has 272 valence electrons. The highest BCUT2D eigenvalue weighted by Gasteiger charge is 2.23. The van der Waals surface area contributed by atoms with Crippen molar-refractivity contribution in [2.45, 2.75) is 0 Å². The number of pyridine rings is 1. The lowest BCUT2D eigenvalue weighted by Crippen LogP contribution is -2.00. The summed E-state index contributed by atoms with van der Waals surface area (Å²) in [6, 6.07) is 54.9. The van der Waals surface area contributed by atoms with E-state index in [0.29, 0.717) is 83.7 Å². The van der Waals surface area contributed by atoms with Crippen molar-refractivity contribution in [3.8, 4) is 92.4 Å². The predicted octanol–water partition coefficient (Wildman–Crippen LogP) is 10.9. The summed E-state index contributed by atoms with van der Waals surface area (Å²) in [5.41, 5.74) is 10.8. The first-order valence-electron chi connectivity index (χ1n) is 18.5. The second kappa shape index (κ2) is 14.9. The normalized spacial score (nSPS) is 10.6. The summed E-state index contributed by atoms with van der Waals surface area (Å²) in [6.45, 7) is 0. The predicted molar refractivity (Wildman–Crippen MR) is 228 cm³/mol. The van der Waals surface area contributed by atoms with Gasteiger partial charge in [-0.2, -0.15) is 31.6 Å². The SMILES string of the molecule is N#Cc1ccc(-c2nc3c(-c4cc(C#N)cc(C#N)c4)cc4c(-c5ccc(-c6cc(C#N)cc(C#N)c6)cc5)nc5ccccc5c4c3nc2-c2ccc(C#N)cc2)cc1. The van der Waals surface area contributed by atoms with Crippen LogP contribution >= 0.6 is 0 Å². The minimum atomic E-state index is 0.305. The molecule has 0 spiro atoms. The van der Waals surface area contributed by atoms with Gasteiger partial charge in [0.1, 0.15) is 0 Å². The molecule has 2 aromatic heterocycles. The van der Waals surface area contributed by atoms with Crippen molar-refractivity contribution in [1.29, 1.82) is 31.6 Å². The number of para-hydroxylation sites is 1. The van der Waals surface area contributed by atoms with E-state index < -0.39 is 0 Å². The Hall–Kier alpha value is -9.51. The first kappa shape index (κ1) is 36.1. The van der Waals surface area contributed by atoms with E-state index in [4.69, 9.17) is 15.0 Å². The molecule has 9 heteroatoms. The van der Waals surface area contributed by atoms with E-state index in [9.17, 15) is 31.6 Å². The van der Waals surface area contributed by atoms with E-state index in [2.05, 4.69) is 36.4 Å². The lowest BCUT2D eigenvalue weighted by molar-refractivity contribution is 1.30. The Morgan fingerprint density at radius 1 is 0.317 bits per heavy atom. The molecule has 0 amide bonds. The molecule has 0 aliphatic carbocycles. The van der Waals surface area contributed by atoms with Crippen LogP contribution in [0.2, 0.25) is 0 Å². The molecule has 9 nitrogen and oxygen atoms in total. The topological polar surface area (TPSA) is 181 Å². The zero-order valence-electron chi connectivity index (χ0n) is 31.3. The fourth-order valence-electron chi connectivity index (χ4n) is 7.54. The lowest BCUT2D eigenvalue weighted by atomic mass is 9.91. The standard InChI is InChI=1S/C51H23N9/c52-24-30-5-9-38(10-6-30)48-49(39-11-7-31(25-53)8-12-39)60-51-46-42-3-1-2-4-45(42)58-47(37-15-13-36(14-16-37)40-19-32(26-54)17-33(20-40)27-55)44(46)23-43(50(51)59-48)41-21-34(28-56)18-35(22-41)29-57/h1-23H. The molecule has 0 unspecified atom stereocenters. The molecule has 0 saturated heterocycles. The maximum atomic E-state index is 10.1. The van der Waals surface area contributed by atoms with Crippen LogP contribution in [0.25, 0.3) is 88.7 Å². The highest BCUT2D eigenvalue weighted by Crippen LogP contribution is 2.43. The Bertz CT molecular complexity index is 3460. The number of aromatic nitrogens is 3. The van der Waals surface area contributed by atoms with Crippen molar-refractivity contribution in [1.82, 2.24) is 15.0 Å². The Balaban J connectivity index is 1.41. The zero-order valence-corrected chi connectivity index (χ0v) is 31.3. The Labute approximate surface area is 343 Å². The van der Waals surface area contributed by atoms with Gasteiger partial charge in [0, 0.05) is 38.4 Å². The van der Waals surface area contributed by atoms with Crippen molar-refractivity contribution in [2.75, 3.05) is 0 Å². The molecule has 7 aromatic carbocycles. The highest BCUT2D eigenvalue weighted by molar-refractivity contribution is 6.24. The molecule has 0 aliphatic heterocycles. The highest BCUT2D eigenvalue weighted by atomic mass is 14.8. The average Bonchev–Trinajstić information content (AvgIpc) is 3.32. The number of rotatable bonds is 5. The summed E-state index contributed by atoms with van der Waals surface area (Å²) in [5.74, 6) is 0. The lowest BCUT2D eigenvalue weighted by Gasteiger charge is -2.18. The summed E-state index contributed by atoms with van der Waals surface area (Å²) < 4.78 is 0. The van der Waals surface area contributed by atoms with Crippen LogP contribution < -0.4 is 0 Å².